The lowest BCUT2D eigenvalue weighted by Gasteiger charge is -2.36. The van der Waals surface area contributed by atoms with Gasteiger partial charge in [0.2, 0.25) is 0 Å². The molecule has 1 heterocycles. The minimum absolute atomic E-state index is 0.286. The molecule has 2 aliphatic rings. The Morgan fingerprint density at radius 1 is 1.03 bits per heavy atom. The lowest BCUT2D eigenvalue weighted by molar-refractivity contribution is 0.0658. The molecule has 2 aromatic carbocycles. The molecule has 0 atom stereocenters. The molecule has 0 spiro atoms. The van der Waals surface area contributed by atoms with E-state index in [1.165, 1.54) is 31.0 Å². The molecule has 8 heteroatoms. The smallest absolute Gasteiger partial charge is 0.150 e. The second kappa shape index (κ2) is 10.3. The Kier molecular flexibility index (Phi) is 7.16. The number of methoxy groups -OCH3 is 1. The summed E-state index contributed by atoms with van der Waals surface area (Å²) in [6.07, 6.45) is 5.02. The van der Waals surface area contributed by atoms with Crippen LogP contribution in [0.5, 0.6) is 0 Å². The van der Waals surface area contributed by atoms with Gasteiger partial charge in [0.1, 0.15) is 17.5 Å². The van der Waals surface area contributed by atoms with Gasteiger partial charge < -0.3 is 14.5 Å². The summed E-state index contributed by atoms with van der Waals surface area (Å²) in [7, 11) is 1.74. The van der Waals surface area contributed by atoms with Crippen LogP contribution in [-0.2, 0) is 15.9 Å². The zero-order valence-electron chi connectivity index (χ0n) is 19.9. The van der Waals surface area contributed by atoms with Crippen molar-refractivity contribution in [3.8, 4) is 11.3 Å². The quantitative estimate of drug-likeness (QED) is 0.246. The summed E-state index contributed by atoms with van der Waals surface area (Å²) in [5, 5.41) is 7.31. The predicted molar refractivity (Wildman–Crippen MR) is 129 cm³/mol. The number of halogens is 3. The van der Waals surface area contributed by atoms with E-state index in [-0.39, 0.29) is 11.3 Å². The standard InChI is InChI=1S/C27H32F3N3O2/c1-34-14-27(6-7-27)13-31-15-35-16-32-21-8-17(9-21)10-22-23-11-20(29)12-24(30)26(23)33-25(22)18-2-4-19(28)5-3-18/h2-5,11-12,17,21,31-33H,6-10,13-16H2,1H3. The van der Waals surface area contributed by atoms with Crippen molar-refractivity contribution in [3.05, 3.63) is 59.4 Å². The third kappa shape index (κ3) is 5.56. The average molecular weight is 488 g/mol. The molecule has 2 aliphatic carbocycles. The van der Waals surface area contributed by atoms with Crippen molar-refractivity contribution in [2.75, 3.05) is 33.7 Å². The summed E-state index contributed by atoms with van der Waals surface area (Å²) in [5.41, 5.74) is 2.93. The summed E-state index contributed by atoms with van der Waals surface area (Å²) in [5.74, 6) is -1.17. The molecule has 35 heavy (non-hydrogen) atoms. The number of nitrogens with one attached hydrogen (secondary N) is 3. The number of aromatic amines is 1. The van der Waals surface area contributed by atoms with E-state index in [2.05, 4.69) is 15.6 Å². The van der Waals surface area contributed by atoms with Crippen LogP contribution in [0.4, 0.5) is 13.2 Å². The number of ether oxygens (including phenoxy) is 2. The van der Waals surface area contributed by atoms with Gasteiger partial charge in [-0.05, 0) is 79.5 Å². The summed E-state index contributed by atoms with van der Waals surface area (Å²) in [4.78, 5) is 3.12. The molecule has 0 radical (unpaired) electrons. The Hall–Kier alpha value is -2.39. The Morgan fingerprint density at radius 3 is 2.51 bits per heavy atom. The van der Waals surface area contributed by atoms with Crippen molar-refractivity contribution >= 4 is 10.9 Å². The van der Waals surface area contributed by atoms with Crippen LogP contribution in [0.2, 0.25) is 0 Å². The van der Waals surface area contributed by atoms with E-state index >= 15 is 0 Å². The van der Waals surface area contributed by atoms with Crippen molar-refractivity contribution in [1.82, 2.24) is 15.6 Å². The largest absolute Gasteiger partial charge is 0.384 e. The van der Waals surface area contributed by atoms with Gasteiger partial charge in [-0.1, -0.05) is 0 Å². The number of hydrogen-bond donors (Lipinski definition) is 3. The Labute approximate surface area is 203 Å². The van der Waals surface area contributed by atoms with Gasteiger partial charge >= 0.3 is 0 Å². The highest BCUT2D eigenvalue weighted by molar-refractivity contribution is 5.91. The van der Waals surface area contributed by atoms with E-state index in [1.54, 1.807) is 19.2 Å². The van der Waals surface area contributed by atoms with E-state index in [9.17, 15) is 13.2 Å². The minimum atomic E-state index is -0.622. The maximum Gasteiger partial charge on any atom is 0.150 e. The fraction of sp³-hybridized carbons (Fsp3) is 0.481. The molecule has 3 aromatic rings. The highest BCUT2D eigenvalue weighted by atomic mass is 19.1. The van der Waals surface area contributed by atoms with Gasteiger partial charge in [-0.3, -0.25) is 10.6 Å². The molecule has 0 bridgehead atoms. The van der Waals surface area contributed by atoms with E-state index in [4.69, 9.17) is 9.47 Å². The molecule has 5 nitrogen and oxygen atoms in total. The zero-order chi connectivity index (χ0) is 24.4. The van der Waals surface area contributed by atoms with E-state index in [1.807, 2.05) is 0 Å². The van der Waals surface area contributed by atoms with Crippen molar-refractivity contribution in [3.63, 3.8) is 0 Å². The van der Waals surface area contributed by atoms with Crippen molar-refractivity contribution < 1.29 is 22.6 Å². The van der Waals surface area contributed by atoms with Gasteiger partial charge in [-0.2, -0.15) is 0 Å². The first-order valence-corrected chi connectivity index (χ1v) is 12.2. The fourth-order valence-electron chi connectivity index (χ4n) is 5.18. The molecule has 2 saturated carbocycles. The molecule has 3 N–H and O–H groups in total. The Morgan fingerprint density at radius 2 is 1.80 bits per heavy atom. The first kappa shape index (κ1) is 24.3. The minimum Gasteiger partial charge on any atom is -0.384 e. The molecular weight excluding hydrogens is 455 g/mol. The number of benzene rings is 2. The third-order valence-electron chi connectivity index (χ3n) is 7.38. The van der Waals surface area contributed by atoms with E-state index in [0.717, 1.165) is 48.9 Å². The van der Waals surface area contributed by atoms with E-state index < -0.39 is 11.6 Å². The van der Waals surface area contributed by atoms with Gasteiger partial charge in [-0.25, -0.2) is 13.2 Å². The lowest BCUT2D eigenvalue weighted by Crippen LogP contribution is -2.43. The van der Waals surface area contributed by atoms with E-state index in [0.29, 0.717) is 42.6 Å². The molecule has 1 aromatic heterocycles. The predicted octanol–water partition coefficient (Wildman–Crippen LogP) is 5.11. The van der Waals surface area contributed by atoms with Crippen molar-refractivity contribution in [2.45, 2.75) is 38.1 Å². The molecular formula is C27H32F3N3O2. The van der Waals surface area contributed by atoms with Crippen LogP contribution in [0, 0.1) is 28.8 Å². The first-order valence-electron chi connectivity index (χ1n) is 12.2. The van der Waals surface area contributed by atoms with Crippen LogP contribution < -0.4 is 10.6 Å². The molecule has 5 rings (SSSR count). The first-order chi connectivity index (χ1) is 17.0. The normalized spacial score (nSPS) is 20.8. The maximum absolute atomic E-state index is 14.5. The summed E-state index contributed by atoms with van der Waals surface area (Å²) >= 11 is 0. The number of aromatic nitrogens is 1. The Bertz CT molecular complexity index is 1150. The van der Waals surface area contributed by atoms with Gasteiger partial charge in [-0.15, -0.1) is 0 Å². The highest BCUT2D eigenvalue weighted by Crippen LogP contribution is 2.45. The highest BCUT2D eigenvalue weighted by Gasteiger charge is 2.42. The van der Waals surface area contributed by atoms with Crippen molar-refractivity contribution in [1.29, 1.82) is 0 Å². The van der Waals surface area contributed by atoms with Crippen LogP contribution in [-0.4, -0.2) is 44.7 Å². The number of fused-ring (bicyclic) bond motifs is 1. The third-order valence-corrected chi connectivity index (χ3v) is 7.38. The lowest BCUT2D eigenvalue weighted by atomic mass is 9.76. The Balaban J connectivity index is 1.15. The van der Waals surface area contributed by atoms with Crippen LogP contribution in [0.3, 0.4) is 0 Å². The number of hydrogen-bond acceptors (Lipinski definition) is 4. The van der Waals surface area contributed by atoms with Crippen LogP contribution in [0.25, 0.3) is 22.2 Å². The summed E-state index contributed by atoms with van der Waals surface area (Å²) in [6.45, 7) is 2.68. The molecule has 2 fully saturated rings. The maximum atomic E-state index is 14.5. The SMILES string of the molecule is COCC1(CNCOCNC2CC(Cc3c(-c4ccc(F)cc4)[nH]c4c(F)cc(F)cc34)C2)CC1. The summed E-state index contributed by atoms with van der Waals surface area (Å²) in [6, 6.07) is 8.70. The second-order valence-corrected chi connectivity index (χ2v) is 10.1. The molecule has 0 amide bonds. The monoisotopic (exact) mass is 487 g/mol. The van der Waals surface area contributed by atoms with Gasteiger partial charge in [0.15, 0.2) is 0 Å². The molecule has 188 valence electrons. The van der Waals surface area contributed by atoms with Crippen LogP contribution in [0.1, 0.15) is 31.2 Å². The number of rotatable bonds is 12. The zero-order valence-corrected chi connectivity index (χ0v) is 19.9. The fourth-order valence-corrected chi connectivity index (χ4v) is 5.18. The topological polar surface area (TPSA) is 58.3 Å². The second-order valence-electron chi connectivity index (χ2n) is 10.1. The van der Waals surface area contributed by atoms with Gasteiger partial charge in [0.05, 0.1) is 25.6 Å². The number of H-pyrrole nitrogens is 1. The molecule has 0 aliphatic heterocycles. The molecule has 0 saturated heterocycles. The molecule has 0 unspecified atom stereocenters. The van der Waals surface area contributed by atoms with Crippen LogP contribution >= 0.6 is 0 Å². The van der Waals surface area contributed by atoms with Gasteiger partial charge in [0, 0.05) is 42.3 Å². The average Bonchev–Trinajstić information content (AvgIpc) is 3.47. The van der Waals surface area contributed by atoms with Crippen molar-refractivity contribution in [2.24, 2.45) is 11.3 Å². The van der Waals surface area contributed by atoms with Gasteiger partial charge in [0.25, 0.3) is 0 Å². The summed E-state index contributed by atoms with van der Waals surface area (Å²) < 4.78 is 52.9. The van der Waals surface area contributed by atoms with Crippen LogP contribution in [0.15, 0.2) is 36.4 Å².